The molecule has 0 radical (unpaired) electrons. The third kappa shape index (κ3) is 3.70. The van der Waals surface area contributed by atoms with Gasteiger partial charge in [-0.05, 0) is 35.8 Å². The molecule has 1 amide bonds. The van der Waals surface area contributed by atoms with Crippen molar-refractivity contribution < 1.29 is 9.53 Å². The van der Waals surface area contributed by atoms with Gasteiger partial charge in [0, 0.05) is 25.2 Å². The van der Waals surface area contributed by atoms with Crippen molar-refractivity contribution in [2.24, 2.45) is 5.92 Å². The Bertz CT molecular complexity index is 774. The summed E-state index contributed by atoms with van der Waals surface area (Å²) in [6.07, 6.45) is 2.06. The van der Waals surface area contributed by atoms with Crippen LogP contribution >= 0.6 is 12.4 Å². The molecule has 1 N–H and O–H groups in total. The zero-order chi connectivity index (χ0) is 19.0. The molecule has 4 aliphatic rings. The van der Waals surface area contributed by atoms with Crippen molar-refractivity contribution in [1.82, 2.24) is 10.2 Å². The molecule has 2 aromatic carbocycles. The molecule has 2 aromatic rings. The number of nitrogens with zero attached hydrogens (tertiary/aromatic N) is 1. The number of hydrogen-bond donors (Lipinski definition) is 1. The van der Waals surface area contributed by atoms with Gasteiger partial charge in [0.25, 0.3) is 0 Å². The zero-order valence-electron chi connectivity index (χ0n) is 16.6. The summed E-state index contributed by atoms with van der Waals surface area (Å²) in [5.74, 6) is 0.688. The fourth-order valence-corrected chi connectivity index (χ4v) is 5.77. The minimum Gasteiger partial charge on any atom is -0.379 e. The summed E-state index contributed by atoms with van der Waals surface area (Å²) in [5, 5.41) is 3.32. The lowest BCUT2D eigenvalue weighted by Crippen LogP contribution is -2.59. The van der Waals surface area contributed by atoms with E-state index >= 15 is 0 Å². The van der Waals surface area contributed by atoms with Crippen LogP contribution < -0.4 is 5.32 Å². The number of ether oxygens (including phenoxy) is 1. The molecule has 4 nitrogen and oxygen atoms in total. The topological polar surface area (TPSA) is 41.6 Å². The smallest absolute Gasteiger partial charge is 0.224 e. The van der Waals surface area contributed by atoms with E-state index in [-0.39, 0.29) is 41.6 Å². The first-order valence-corrected chi connectivity index (χ1v) is 10.5. The molecule has 1 saturated carbocycles. The molecule has 3 heterocycles. The van der Waals surface area contributed by atoms with Crippen LogP contribution in [0, 0.1) is 5.92 Å². The molecule has 2 unspecified atom stereocenters. The number of rotatable bonds is 3. The molecule has 29 heavy (non-hydrogen) atoms. The van der Waals surface area contributed by atoms with Gasteiger partial charge in [0.05, 0.1) is 19.1 Å². The minimum absolute atomic E-state index is 0. The number of hydrogen-bond acceptors (Lipinski definition) is 3. The van der Waals surface area contributed by atoms with Crippen LogP contribution in [0.3, 0.4) is 0 Å². The summed E-state index contributed by atoms with van der Waals surface area (Å²) in [5.41, 5.74) is 2.58. The summed E-state index contributed by atoms with van der Waals surface area (Å²) >= 11 is 0. The third-order valence-electron chi connectivity index (χ3n) is 7.10. The van der Waals surface area contributed by atoms with Gasteiger partial charge in [0.1, 0.15) is 0 Å². The first-order valence-electron chi connectivity index (χ1n) is 10.5. The van der Waals surface area contributed by atoms with Crippen molar-refractivity contribution >= 4 is 18.3 Å². The molecule has 2 atom stereocenters. The number of benzene rings is 2. The maximum atomic E-state index is 13.3. The van der Waals surface area contributed by atoms with Gasteiger partial charge in [0.15, 0.2) is 0 Å². The molecule has 0 spiro atoms. The highest BCUT2D eigenvalue weighted by atomic mass is 35.5. The van der Waals surface area contributed by atoms with E-state index < -0.39 is 0 Å². The van der Waals surface area contributed by atoms with Crippen LogP contribution in [-0.4, -0.2) is 49.2 Å². The van der Waals surface area contributed by atoms with E-state index in [1.807, 2.05) is 0 Å². The lowest BCUT2D eigenvalue weighted by molar-refractivity contribution is -0.126. The number of morpholine rings is 1. The Labute approximate surface area is 179 Å². The van der Waals surface area contributed by atoms with Gasteiger partial charge in [-0.2, -0.15) is 0 Å². The molecule has 0 aromatic heterocycles. The Hall–Kier alpha value is -1.88. The second-order valence-corrected chi connectivity index (χ2v) is 8.51. The van der Waals surface area contributed by atoms with Gasteiger partial charge in [0.2, 0.25) is 5.91 Å². The quantitative estimate of drug-likeness (QED) is 0.837. The van der Waals surface area contributed by atoms with Crippen LogP contribution in [0.2, 0.25) is 0 Å². The minimum atomic E-state index is -0.0125. The van der Waals surface area contributed by atoms with Crippen molar-refractivity contribution in [2.75, 3.05) is 32.8 Å². The highest BCUT2D eigenvalue weighted by Crippen LogP contribution is 2.53. The van der Waals surface area contributed by atoms with Crippen LogP contribution in [0.1, 0.15) is 35.8 Å². The van der Waals surface area contributed by atoms with Crippen LogP contribution in [-0.2, 0) is 9.53 Å². The third-order valence-corrected chi connectivity index (χ3v) is 7.10. The van der Waals surface area contributed by atoms with Gasteiger partial charge >= 0.3 is 0 Å². The average Bonchev–Trinajstić information content (AvgIpc) is 3.02. The lowest BCUT2D eigenvalue weighted by atomic mass is 9.61. The monoisotopic (exact) mass is 412 g/mol. The fraction of sp³-hybridized carbons (Fsp3) is 0.458. The average molecular weight is 413 g/mol. The Morgan fingerprint density at radius 3 is 1.90 bits per heavy atom. The number of halogens is 1. The number of nitrogens with one attached hydrogen (secondary N) is 1. The van der Waals surface area contributed by atoms with E-state index in [1.165, 1.54) is 11.1 Å². The van der Waals surface area contributed by atoms with Crippen molar-refractivity contribution in [3.05, 3.63) is 71.8 Å². The molecule has 3 aliphatic heterocycles. The van der Waals surface area contributed by atoms with E-state index in [0.717, 1.165) is 45.7 Å². The highest BCUT2D eigenvalue weighted by Gasteiger charge is 2.54. The fourth-order valence-electron chi connectivity index (χ4n) is 5.77. The zero-order valence-corrected chi connectivity index (χ0v) is 17.4. The molecular weight excluding hydrogens is 384 g/mol. The Morgan fingerprint density at radius 2 is 1.38 bits per heavy atom. The van der Waals surface area contributed by atoms with Gasteiger partial charge in [-0.3, -0.25) is 9.69 Å². The summed E-state index contributed by atoms with van der Waals surface area (Å²) in [6.45, 7) is 4.21. The largest absolute Gasteiger partial charge is 0.379 e. The molecular formula is C24H29ClN2O2. The van der Waals surface area contributed by atoms with E-state index in [1.54, 1.807) is 0 Å². The van der Waals surface area contributed by atoms with E-state index in [9.17, 15) is 4.79 Å². The van der Waals surface area contributed by atoms with Gasteiger partial charge in [-0.1, -0.05) is 60.7 Å². The summed E-state index contributed by atoms with van der Waals surface area (Å²) in [7, 11) is 0. The van der Waals surface area contributed by atoms with Crippen LogP contribution in [0.15, 0.2) is 60.7 Å². The Balaban J connectivity index is 0.00000205. The Kier molecular flexibility index (Phi) is 5.95. The number of carbonyl (C=O) groups excluding carboxylic acids is 1. The van der Waals surface area contributed by atoms with Crippen LogP contribution in [0.4, 0.5) is 0 Å². The van der Waals surface area contributed by atoms with Gasteiger partial charge in [-0.25, -0.2) is 0 Å². The summed E-state index contributed by atoms with van der Waals surface area (Å²) < 4.78 is 5.64. The molecule has 1 aliphatic carbocycles. The van der Waals surface area contributed by atoms with E-state index in [0.29, 0.717) is 0 Å². The first kappa shape index (κ1) is 20.4. The highest BCUT2D eigenvalue weighted by molar-refractivity contribution is 5.85. The summed E-state index contributed by atoms with van der Waals surface area (Å²) in [4.78, 5) is 15.9. The lowest BCUT2D eigenvalue weighted by Gasteiger charge is -2.51. The number of fused-ring (bicyclic) bond motifs is 4. The molecule has 6 rings (SSSR count). The second-order valence-electron chi connectivity index (χ2n) is 8.51. The maximum absolute atomic E-state index is 13.3. The van der Waals surface area contributed by atoms with Crippen molar-refractivity contribution in [1.29, 1.82) is 0 Å². The predicted octanol–water partition coefficient (Wildman–Crippen LogP) is 3.59. The first-order chi connectivity index (χ1) is 13.8. The van der Waals surface area contributed by atoms with Gasteiger partial charge in [-0.15, -0.1) is 12.4 Å². The van der Waals surface area contributed by atoms with Crippen LogP contribution in [0.5, 0.6) is 0 Å². The molecule has 3 saturated heterocycles. The molecule has 2 bridgehead atoms. The number of carbonyl (C=O) groups is 1. The number of amides is 1. The molecule has 5 heteroatoms. The van der Waals surface area contributed by atoms with Crippen molar-refractivity contribution in [3.63, 3.8) is 0 Å². The maximum Gasteiger partial charge on any atom is 0.224 e. The Morgan fingerprint density at radius 1 is 0.862 bits per heavy atom. The van der Waals surface area contributed by atoms with Crippen LogP contribution in [0.25, 0.3) is 0 Å². The van der Waals surface area contributed by atoms with Gasteiger partial charge < -0.3 is 10.1 Å². The standard InChI is InChI=1S/C24H28N2O2.ClH/c27-23-22-20(18-7-3-1-4-8-18)15-24(17-25-23,26-11-13-28-14-12-26)16-21(22)19-9-5-2-6-10-19;/h1-10,20-22H,11-17H2,(H,25,27);1H. The van der Waals surface area contributed by atoms with E-state index in [2.05, 4.69) is 70.9 Å². The normalized spacial score (nSPS) is 32.1. The SMILES string of the molecule is Cl.O=C1NCC2(N3CCOCC3)CC(c3ccccc3)C1C(c1ccccc1)C2. The molecule has 154 valence electrons. The van der Waals surface area contributed by atoms with E-state index in [4.69, 9.17) is 4.74 Å². The molecule has 4 fully saturated rings. The second kappa shape index (κ2) is 8.47. The van der Waals surface area contributed by atoms with Crippen molar-refractivity contribution in [2.45, 2.75) is 30.2 Å². The summed E-state index contributed by atoms with van der Waals surface area (Å²) in [6, 6.07) is 21.3. The predicted molar refractivity (Wildman–Crippen MR) is 116 cm³/mol. The van der Waals surface area contributed by atoms with Crippen molar-refractivity contribution in [3.8, 4) is 0 Å².